The predicted molar refractivity (Wildman–Crippen MR) is 88.4 cm³/mol. The van der Waals surface area contributed by atoms with Gasteiger partial charge in [0.15, 0.2) is 0 Å². The highest BCUT2D eigenvalue weighted by atomic mass is 16.5. The van der Waals surface area contributed by atoms with Gasteiger partial charge in [0.05, 0.1) is 12.2 Å². The predicted octanol–water partition coefficient (Wildman–Crippen LogP) is 2.95. The Labute approximate surface area is 136 Å². The number of aromatic nitrogens is 2. The number of aryl methyl sites for hydroxylation is 1. The molecule has 1 fully saturated rings. The van der Waals surface area contributed by atoms with E-state index in [2.05, 4.69) is 20.9 Å². The molecule has 1 aliphatic heterocycles. The van der Waals surface area contributed by atoms with E-state index >= 15 is 0 Å². The minimum Gasteiger partial charge on any atom is -0.477 e. The number of piperidine rings is 1. The molecule has 2 aromatic rings. The average Bonchev–Trinajstić information content (AvgIpc) is 2.61. The number of hydrogen-bond acceptors (Lipinski definition) is 5. The minimum absolute atomic E-state index is 0.548. The summed E-state index contributed by atoms with van der Waals surface area (Å²) in [5.74, 6) is 2.21. The van der Waals surface area contributed by atoms with Crippen LogP contribution in [0.25, 0.3) is 0 Å². The second-order valence-electron chi connectivity index (χ2n) is 5.88. The van der Waals surface area contributed by atoms with Gasteiger partial charge in [-0.15, -0.1) is 0 Å². The van der Waals surface area contributed by atoms with Crippen LogP contribution in [0.15, 0.2) is 36.5 Å². The molecule has 1 aliphatic rings. The lowest BCUT2D eigenvalue weighted by Gasteiger charge is -2.32. The van der Waals surface area contributed by atoms with Crippen LogP contribution < -0.4 is 9.64 Å². The zero-order valence-electron chi connectivity index (χ0n) is 13.3. The van der Waals surface area contributed by atoms with E-state index in [9.17, 15) is 0 Å². The summed E-state index contributed by atoms with van der Waals surface area (Å²) in [4.78, 5) is 11.0. The SMILES string of the molecule is Cc1cccc(OCC2CCN(c3ccc(C#N)cn3)CC2)n1. The minimum atomic E-state index is 0.548. The molecule has 5 nitrogen and oxygen atoms in total. The Hall–Kier alpha value is -2.61. The van der Waals surface area contributed by atoms with Crippen molar-refractivity contribution >= 4 is 5.82 Å². The topological polar surface area (TPSA) is 62.0 Å². The zero-order chi connectivity index (χ0) is 16.1. The third-order valence-electron chi connectivity index (χ3n) is 4.15. The molecular formula is C18H20N4O. The molecule has 0 radical (unpaired) electrons. The monoisotopic (exact) mass is 308 g/mol. The molecule has 23 heavy (non-hydrogen) atoms. The molecule has 0 atom stereocenters. The highest BCUT2D eigenvalue weighted by Crippen LogP contribution is 2.22. The van der Waals surface area contributed by atoms with Gasteiger partial charge in [0, 0.05) is 31.0 Å². The van der Waals surface area contributed by atoms with Crippen LogP contribution in [0.4, 0.5) is 5.82 Å². The fraction of sp³-hybridized carbons (Fsp3) is 0.389. The molecule has 2 aromatic heterocycles. The summed E-state index contributed by atoms with van der Waals surface area (Å²) in [7, 11) is 0. The molecule has 3 rings (SSSR count). The van der Waals surface area contributed by atoms with Crippen molar-refractivity contribution in [1.29, 1.82) is 5.26 Å². The Bertz CT molecular complexity index is 685. The number of pyridine rings is 2. The van der Waals surface area contributed by atoms with Gasteiger partial charge < -0.3 is 9.64 Å². The van der Waals surface area contributed by atoms with E-state index in [1.165, 1.54) is 0 Å². The van der Waals surface area contributed by atoms with Crippen LogP contribution in [0, 0.1) is 24.2 Å². The molecule has 0 aromatic carbocycles. The summed E-state index contributed by atoms with van der Waals surface area (Å²) in [5.41, 5.74) is 1.58. The summed E-state index contributed by atoms with van der Waals surface area (Å²) in [6.45, 7) is 4.61. The lowest BCUT2D eigenvalue weighted by Crippen LogP contribution is -2.36. The van der Waals surface area contributed by atoms with Crippen LogP contribution in [0.1, 0.15) is 24.1 Å². The third kappa shape index (κ3) is 3.98. The lowest BCUT2D eigenvalue weighted by atomic mass is 9.98. The van der Waals surface area contributed by atoms with Crippen molar-refractivity contribution < 1.29 is 4.74 Å². The van der Waals surface area contributed by atoms with Gasteiger partial charge in [-0.25, -0.2) is 9.97 Å². The first kappa shape index (κ1) is 15.3. The largest absolute Gasteiger partial charge is 0.477 e. The summed E-state index contributed by atoms with van der Waals surface area (Å²) in [6.07, 6.45) is 3.79. The highest BCUT2D eigenvalue weighted by Gasteiger charge is 2.20. The molecule has 0 unspecified atom stereocenters. The number of nitriles is 1. The maximum Gasteiger partial charge on any atom is 0.213 e. The van der Waals surface area contributed by atoms with E-state index < -0.39 is 0 Å². The van der Waals surface area contributed by atoms with Crippen LogP contribution in [-0.4, -0.2) is 29.7 Å². The molecule has 1 saturated heterocycles. The molecule has 3 heterocycles. The maximum atomic E-state index is 8.82. The van der Waals surface area contributed by atoms with Gasteiger partial charge >= 0.3 is 0 Å². The first-order valence-electron chi connectivity index (χ1n) is 7.92. The second kappa shape index (κ2) is 7.10. The Morgan fingerprint density at radius 1 is 1.26 bits per heavy atom. The quantitative estimate of drug-likeness (QED) is 0.869. The van der Waals surface area contributed by atoms with E-state index in [0.717, 1.165) is 37.4 Å². The van der Waals surface area contributed by atoms with Gasteiger partial charge in [0.1, 0.15) is 11.9 Å². The maximum absolute atomic E-state index is 8.82. The van der Waals surface area contributed by atoms with Gasteiger partial charge in [-0.3, -0.25) is 0 Å². The molecule has 5 heteroatoms. The van der Waals surface area contributed by atoms with Crippen LogP contribution in [0.3, 0.4) is 0 Å². The van der Waals surface area contributed by atoms with E-state index in [-0.39, 0.29) is 0 Å². The van der Waals surface area contributed by atoms with Crippen molar-refractivity contribution in [2.45, 2.75) is 19.8 Å². The van der Waals surface area contributed by atoms with E-state index in [1.54, 1.807) is 6.20 Å². The van der Waals surface area contributed by atoms with Gasteiger partial charge in [0.25, 0.3) is 0 Å². The molecule has 0 spiro atoms. The average molecular weight is 308 g/mol. The smallest absolute Gasteiger partial charge is 0.213 e. The number of ether oxygens (including phenoxy) is 1. The van der Waals surface area contributed by atoms with Crippen molar-refractivity contribution in [3.8, 4) is 11.9 Å². The fourth-order valence-electron chi connectivity index (χ4n) is 2.77. The first-order chi connectivity index (χ1) is 11.2. The summed E-state index contributed by atoms with van der Waals surface area (Å²) < 4.78 is 5.82. The highest BCUT2D eigenvalue weighted by molar-refractivity contribution is 5.42. The van der Waals surface area contributed by atoms with E-state index in [4.69, 9.17) is 10.00 Å². The molecule has 0 amide bonds. The first-order valence-corrected chi connectivity index (χ1v) is 7.92. The molecule has 0 saturated carbocycles. The number of rotatable bonds is 4. The fourth-order valence-corrected chi connectivity index (χ4v) is 2.77. The Balaban J connectivity index is 1.49. The van der Waals surface area contributed by atoms with Crippen LogP contribution >= 0.6 is 0 Å². The van der Waals surface area contributed by atoms with Gasteiger partial charge in [-0.2, -0.15) is 5.26 Å². The van der Waals surface area contributed by atoms with Crippen molar-refractivity contribution in [2.75, 3.05) is 24.6 Å². The number of hydrogen-bond donors (Lipinski definition) is 0. The van der Waals surface area contributed by atoms with Crippen molar-refractivity contribution in [1.82, 2.24) is 9.97 Å². The Morgan fingerprint density at radius 3 is 2.74 bits per heavy atom. The lowest BCUT2D eigenvalue weighted by molar-refractivity contribution is 0.215. The molecule has 0 aliphatic carbocycles. The standard InChI is InChI=1S/C18H20N4O/c1-14-3-2-4-18(21-14)23-13-15-7-9-22(10-8-15)17-6-5-16(11-19)12-20-17/h2-6,12,15H,7-10,13H2,1H3. The van der Waals surface area contributed by atoms with Gasteiger partial charge in [0.2, 0.25) is 5.88 Å². The zero-order valence-corrected chi connectivity index (χ0v) is 13.3. The van der Waals surface area contributed by atoms with Gasteiger partial charge in [-0.1, -0.05) is 6.07 Å². The summed E-state index contributed by atoms with van der Waals surface area (Å²) in [5, 5.41) is 8.82. The van der Waals surface area contributed by atoms with E-state index in [1.807, 2.05) is 37.3 Å². The number of nitrogens with zero attached hydrogens (tertiary/aromatic N) is 4. The Morgan fingerprint density at radius 2 is 2.09 bits per heavy atom. The second-order valence-corrected chi connectivity index (χ2v) is 5.88. The van der Waals surface area contributed by atoms with E-state index in [0.29, 0.717) is 24.0 Å². The molecule has 118 valence electrons. The van der Waals surface area contributed by atoms with Crippen LogP contribution in [0.5, 0.6) is 5.88 Å². The number of anilines is 1. The van der Waals surface area contributed by atoms with Crippen LogP contribution in [-0.2, 0) is 0 Å². The summed E-state index contributed by atoms with van der Waals surface area (Å²) >= 11 is 0. The van der Waals surface area contributed by atoms with Crippen LogP contribution in [0.2, 0.25) is 0 Å². The molecule has 0 N–H and O–H groups in total. The molecular weight excluding hydrogens is 288 g/mol. The normalized spacial score (nSPS) is 15.2. The van der Waals surface area contributed by atoms with Gasteiger partial charge in [-0.05, 0) is 43.9 Å². The van der Waals surface area contributed by atoms with Crippen molar-refractivity contribution in [3.05, 3.63) is 47.8 Å². The Kier molecular flexibility index (Phi) is 4.72. The summed E-state index contributed by atoms with van der Waals surface area (Å²) in [6, 6.07) is 11.7. The molecule has 0 bridgehead atoms. The van der Waals surface area contributed by atoms with Crippen molar-refractivity contribution in [3.63, 3.8) is 0 Å². The van der Waals surface area contributed by atoms with Crippen molar-refractivity contribution in [2.24, 2.45) is 5.92 Å². The third-order valence-corrected chi connectivity index (χ3v) is 4.15.